The van der Waals surface area contributed by atoms with E-state index in [1.54, 1.807) is 147 Å². The maximum Gasteiger partial charge on any atom is 0.343 e. The molecule has 29 heteroatoms. The maximum atomic E-state index is 12.9. The van der Waals surface area contributed by atoms with Crippen molar-refractivity contribution in [2.75, 3.05) is 39.9 Å². The van der Waals surface area contributed by atoms with E-state index in [1.165, 1.54) is 54.2 Å². The zero-order valence-corrected chi connectivity index (χ0v) is 62.9. The number of aliphatic carboxylic acids is 4. The van der Waals surface area contributed by atoms with Crippen LogP contribution < -0.4 is 31.4 Å². The number of esters is 3. The number of nitrogens with one attached hydrogen (secondary N) is 3. The first-order chi connectivity index (χ1) is 47.7. The van der Waals surface area contributed by atoms with E-state index in [9.17, 15) is 58.2 Å². The second-order valence-electron chi connectivity index (χ2n) is 23.3. The van der Waals surface area contributed by atoms with Gasteiger partial charge >= 0.3 is 41.8 Å². The van der Waals surface area contributed by atoms with Crippen molar-refractivity contribution in [2.45, 2.75) is 79.8 Å². The van der Waals surface area contributed by atoms with Crippen LogP contribution >= 0.6 is 0 Å². The van der Waals surface area contributed by atoms with Gasteiger partial charge in [-0.3, -0.25) is 40.2 Å². The molecule has 0 aliphatic carbocycles. The van der Waals surface area contributed by atoms with Gasteiger partial charge in [0.25, 0.3) is 5.91 Å². The van der Waals surface area contributed by atoms with Crippen LogP contribution in [0.1, 0.15) is 132 Å². The van der Waals surface area contributed by atoms with Crippen LogP contribution in [0.3, 0.4) is 0 Å². The van der Waals surface area contributed by atoms with Crippen molar-refractivity contribution in [1.82, 2.24) is 14.7 Å². The Morgan fingerprint density at radius 1 is 0.447 bits per heavy atom. The van der Waals surface area contributed by atoms with Gasteiger partial charge in [0.15, 0.2) is 0 Å². The first kappa shape index (κ1) is 88.1. The van der Waals surface area contributed by atoms with E-state index in [2.05, 4.69) is 0 Å². The molecule has 0 unspecified atom stereocenters. The number of hydrogen-bond donors (Lipinski definition) is 10. The van der Waals surface area contributed by atoms with Crippen molar-refractivity contribution in [2.24, 2.45) is 23.1 Å². The summed E-state index contributed by atoms with van der Waals surface area (Å²) in [4.78, 5) is 124. The fraction of sp³-hybridized carbons (Fsp3) is 0.257. The third kappa shape index (κ3) is 29.6. The number of nitrogens with zero attached hydrogens (tertiary/aromatic N) is 3. The normalized spacial score (nSPS) is 11.0. The first-order valence-corrected chi connectivity index (χ1v) is 31.3. The molecule has 0 aliphatic heterocycles. The Morgan fingerprint density at radius 2 is 0.757 bits per heavy atom. The van der Waals surface area contributed by atoms with Crippen molar-refractivity contribution in [3.05, 3.63) is 212 Å². The molecule has 6 aromatic rings. The molecule has 0 saturated carbocycles. The summed E-state index contributed by atoms with van der Waals surface area (Å²) in [5.74, 6) is -7.32. The van der Waals surface area contributed by atoms with Crippen LogP contribution in [-0.2, 0) is 38.3 Å². The molecule has 0 fully saturated rings. The topological polar surface area (TPSA) is 479 Å². The summed E-state index contributed by atoms with van der Waals surface area (Å²) in [5.41, 5.74) is 21.6. The van der Waals surface area contributed by atoms with Gasteiger partial charge in [-0.2, -0.15) is 0 Å². The predicted molar refractivity (Wildman–Crippen MR) is 381 cm³/mol. The molecule has 0 saturated heterocycles. The van der Waals surface area contributed by atoms with Crippen LogP contribution in [-0.4, -0.2) is 170 Å². The summed E-state index contributed by atoms with van der Waals surface area (Å²) in [6.45, 7) is 12.7. The van der Waals surface area contributed by atoms with Crippen molar-refractivity contribution in [3.8, 4) is 17.2 Å². The molecule has 1 radical (unpaired) electrons. The minimum atomic E-state index is -2.04. The average Bonchev–Trinajstić information content (AvgIpc) is 0.845. The summed E-state index contributed by atoms with van der Waals surface area (Å²) in [7, 11) is 1.44. The third-order valence-electron chi connectivity index (χ3n) is 14.6. The van der Waals surface area contributed by atoms with Crippen LogP contribution in [0, 0.1) is 66.2 Å². The minimum absolute atomic E-state index is 0. The smallest absolute Gasteiger partial charge is 0.343 e. The SMILES string of the molecule is C/C(=C\c1ccc(C(=O)Oc2ccc(C(=N)N)cc2)cc1)C(=O)N(CCC(=O)O)C(C)C.C/C(=C\c1ccc(C(=O)Oc2ccc(C(=N)N)cc2)cc1)C(=O)N(CCC(C)C)CC(=O)O.COCCCN(C(=O)/C(C)=C/c1ccc(C(=O)Oc2ccc(C(=N)N)cc2)cc1)C(C(=O)O)C(=O)O.O.[Ac]. The van der Waals surface area contributed by atoms with Gasteiger partial charge in [0.2, 0.25) is 17.9 Å². The summed E-state index contributed by atoms with van der Waals surface area (Å²) >= 11 is 0. The van der Waals surface area contributed by atoms with Gasteiger partial charge in [0.05, 0.1) is 23.1 Å². The second-order valence-corrected chi connectivity index (χ2v) is 23.3. The first-order valence-electron chi connectivity index (χ1n) is 31.3. The number of benzene rings is 6. The van der Waals surface area contributed by atoms with Crippen LogP contribution in [0.2, 0.25) is 0 Å². The molecule has 6 rings (SSSR count). The molecular weight excluding hydrogens is 1550 g/mol. The van der Waals surface area contributed by atoms with Crippen LogP contribution in [0.25, 0.3) is 18.2 Å². The van der Waals surface area contributed by atoms with E-state index in [0.29, 0.717) is 80.5 Å². The Hall–Kier alpha value is -11.0. The number of carbonyl (C=O) groups is 10. The Balaban J connectivity index is 0.000000521. The van der Waals surface area contributed by atoms with Crippen molar-refractivity contribution >= 4 is 95.2 Å². The van der Waals surface area contributed by atoms with E-state index in [-0.39, 0.29) is 141 Å². The van der Waals surface area contributed by atoms with Gasteiger partial charge < -0.3 is 76.8 Å². The molecular formula is C74H85AcN9O19. The number of amidine groups is 3. The van der Waals surface area contributed by atoms with E-state index in [4.69, 9.17) is 62.6 Å². The van der Waals surface area contributed by atoms with E-state index in [0.717, 1.165) is 10.5 Å². The Bertz CT molecular complexity index is 4050. The van der Waals surface area contributed by atoms with E-state index >= 15 is 0 Å². The largest absolute Gasteiger partial charge is 0.481 e. The molecule has 6 aromatic carbocycles. The molecule has 0 atom stereocenters. The monoisotopic (exact) mass is 1630 g/mol. The van der Waals surface area contributed by atoms with Crippen molar-refractivity contribution in [1.29, 1.82) is 16.2 Å². The Labute approximate surface area is 631 Å². The third-order valence-corrected chi connectivity index (χ3v) is 14.6. The fourth-order valence-corrected chi connectivity index (χ4v) is 9.13. The van der Waals surface area contributed by atoms with E-state index < -0.39 is 53.7 Å². The number of carboxylic acids is 4. The number of amides is 3. The molecule has 103 heavy (non-hydrogen) atoms. The number of hydrogen-bond acceptors (Lipinski definition) is 17. The summed E-state index contributed by atoms with van der Waals surface area (Å²) < 4.78 is 20.9. The molecule has 0 heterocycles. The van der Waals surface area contributed by atoms with Gasteiger partial charge in [0, 0.05) is 117 Å². The van der Waals surface area contributed by atoms with Crippen molar-refractivity contribution < 1.29 is 137 Å². The molecule has 15 N–H and O–H groups in total. The zero-order valence-electron chi connectivity index (χ0n) is 58.1. The Kier molecular flexibility index (Phi) is 37.3. The van der Waals surface area contributed by atoms with E-state index in [1.807, 2.05) is 27.7 Å². The standard InChI is InChI=1S/C25H27N3O8.C25H29N3O5.C24H27N3O5.Ac.H2O/c1-15(22(29)28(12-3-13-35-2)20(23(30)31)24(32)33)14-16-4-6-18(7-5-16)25(34)36-19-10-8-17(9-11-19)21(26)27;1-16(2)12-13-28(15-22(29)30)24(31)17(3)14-18-4-6-20(7-5-18)25(32)33-21-10-8-19(9-11-21)23(26)27;1-15(2)27(13-12-21(28)29)23(30)16(3)14-17-4-6-19(7-5-17)24(31)32-20-10-8-18(9-11-20)22(25)26;;/h4-11,14,20H,3,12-13H2,1-2H3,(H3,26,27)(H,30,31)(H,32,33);4-11,14,16H,12-13,15H2,1-3H3,(H3,26,27)(H,29,30);4-11,14-15H,12-13H2,1-3H3,(H3,25,26)(H,28,29);;1H2/b15-14+;17-14+;16-14+;;. The number of methoxy groups -OCH3 is 1. The molecule has 0 spiro atoms. The quantitative estimate of drug-likeness (QED) is 0.00374. The maximum absolute atomic E-state index is 12.9. The van der Waals surface area contributed by atoms with Gasteiger partial charge in [-0.15, -0.1) is 0 Å². The molecule has 0 aliphatic rings. The number of nitrogens with two attached hydrogens (primary N) is 3. The molecule has 3 amide bonds. The predicted octanol–water partition coefficient (Wildman–Crippen LogP) is 8.03. The summed E-state index contributed by atoms with van der Waals surface area (Å²) in [6, 6.07) is 35.8. The minimum Gasteiger partial charge on any atom is -0.481 e. The second kappa shape index (κ2) is 43.6. The summed E-state index contributed by atoms with van der Waals surface area (Å²) in [5, 5.41) is 58.8. The van der Waals surface area contributed by atoms with Gasteiger partial charge in [-0.05, 0) is 197 Å². The molecule has 543 valence electrons. The molecule has 28 nitrogen and oxygen atoms in total. The number of nitrogen functional groups attached to an aromatic ring is 3. The van der Waals surface area contributed by atoms with Crippen LogP contribution in [0.4, 0.5) is 0 Å². The van der Waals surface area contributed by atoms with Crippen molar-refractivity contribution in [3.63, 3.8) is 0 Å². The number of carboxylic acid groups (broad SMARTS) is 4. The fourth-order valence-electron chi connectivity index (χ4n) is 9.13. The van der Waals surface area contributed by atoms with Crippen LogP contribution in [0.15, 0.2) is 162 Å². The number of carbonyl (C=O) groups excluding carboxylic acids is 6. The van der Waals surface area contributed by atoms with Gasteiger partial charge in [0.1, 0.15) is 41.3 Å². The zero-order chi connectivity index (χ0) is 75.2. The number of ether oxygens (including phenoxy) is 4. The molecule has 0 aromatic heterocycles. The van der Waals surface area contributed by atoms with Gasteiger partial charge in [-0.25, -0.2) is 24.0 Å². The van der Waals surface area contributed by atoms with Crippen LogP contribution in [0.5, 0.6) is 17.2 Å². The Morgan fingerprint density at radius 3 is 1.03 bits per heavy atom. The molecule has 0 bridgehead atoms. The summed E-state index contributed by atoms with van der Waals surface area (Å²) in [6.07, 6.45) is 5.64. The van der Waals surface area contributed by atoms with Gasteiger partial charge in [-0.1, -0.05) is 50.2 Å². The average molecular weight is 1630 g/mol. The number of rotatable bonds is 31.